The largest absolute Gasteiger partial charge is 0.330 e. The van der Waals surface area contributed by atoms with Crippen LogP contribution in [0.15, 0.2) is 18.3 Å². The summed E-state index contributed by atoms with van der Waals surface area (Å²) in [4.78, 5) is 15.7. The van der Waals surface area contributed by atoms with E-state index in [1.165, 1.54) is 6.42 Å². The second-order valence-corrected chi connectivity index (χ2v) is 5.04. The van der Waals surface area contributed by atoms with Gasteiger partial charge in [-0.05, 0) is 36.9 Å². The maximum Gasteiger partial charge on any atom is 0.224 e. The first-order chi connectivity index (χ1) is 8.13. The lowest BCUT2D eigenvalue weighted by Crippen LogP contribution is -2.40. The van der Waals surface area contributed by atoms with Crippen molar-refractivity contribution < 1.29 is 4.79 Å². The second kappa shape index (κ2) is 5.02. The molecule has 4 nitrogen and oxygen atoms in total. The number of hydrogen-bond donors (Lipinski definition) is 2. The Bertz CT molecular complexity index is 412. The summed E-state index contributed by atoms with van der Waals surface area (Å²) < 4.78 is 0. The van der Waals surface area contributed by atoms with Crippen LogP contribution >= 0.6 is 11.6 Å². The van der Waals surface area contributed by atoms with Gasteiger partial charge < -0.3 is 11.1 Å². The highest BCUT2D eigenvalue weighted by Crippen LogP contribution is 2.43. The molecule has 0 unspecified atom stereocenters. The average molecular weight is 254 g/mol. The fourth-order valence-electron chi connectivity index (χ4n) is 2.16. The molecule has 3 N–H and O–H groups in total. The number of nitrogens with two attached hydrogens (primary N) is 1. The fraction of sp³-hybridized carbons (Fsp3) is 0.500. The van der Waals surface area contributed by atoms with E-state index >= 15 is 0 Å². The Balaban J connectivity index is 1.93. The maximum absolute atomic E-state index is 11.9. The number of nitrogens with one attached hydrogen (secondary N) is 1. The third-order valence-electron chi connectivity index (χ3n) is 3.39. The van der Waals surface area contributed by atoms with Gasteiger partial charge >= 0.3 is 0 Å². The number of amides is 1. The van der Waals surface area contributed by atoms with Gasteiger partial charge in [0.25, 0.3) is 0 Å². The molecule has 0 bridgehead atoms. The highest BCUT2D eigenvalue weighted by molar-refractivity contribution is 6.29. The average Bonchev–Trinajstić information content (AvgIpc) is 2.23. The van der Waals surface area contributed by atoms with E-state index in [-0.39, 0.29) is 11.3 Å². The molecule has 0 aromatic carbocycles. The minimum atomic E-state index is -0.00239. The number of anilines is 1. The molecular weight excluding hydrogens is 238 g/mol. The molecule has 92 valence electrons. The molecular formula is C12H16ClN3O. The van der Waals surface area contributed by atoms with Crippen LogP contribution in [0.2, 0.25) is 5.15 Å². The third-order valence-corrected chi connectivity index (χ3v) is 3.60. The molecule has 1 saturated carbocycles. The summed E-state index contributed by atoms with van der Waals surface area (Å²) in [5, 5.41) is 3.20. The van der Waals surface area contributed by atoms with E-state index < -0.39 is 0 Å². The highest BCUT2D eigenvalue weighted by atomic mass is 35.5. The van der Waals surface area contributed by atoms with E-state index in [9.17, 15) is 4.79 Å². The molecule has 1 aliphatic carbocycles. The lowest BCUT2D eigenvalue weighted by molar-refractivity contribution is -0.119. The highest BCUT2D eigenvalue weighted by Gasteiger charge is 2.37. The molecule has 2 rings (SSSR count). The van der Waals surface area contributed by atoms with Crippen molar-refractivity contribution in [1.82, 2.24) is 4.98 Å². The Labute approximate surface area is 106 Å². The Kier molecular flexibility index (Phi) is 3.64. The van der Waals surface area contributed by atoms with Gasteiger partial charge in [-0.1, -0.05) is 18.0 Å². The van der Waals surface area contributed by atoms with Crippen molar-refractivity contribution in [3.63, 3.8) is 0 Å². The van der Waals surface area contributed by atoms with Gasteiger partial charge in [0.1, 0.15) is 5.15 Å². The molecule has 0 spiro atoms. The fourth-order valence-corrected chi connectivity index (χ4v) is 2.33. The van der Waals surface area contributed by atoms with E-state index in [4.69, 9.17) is 17.3 Å². The topological polar surface area (TPSA) is 68.0 Å². The van der Waals surface area contributed by atoms with Crippen molar-refractivity contribution >= 4 is 23.2 Å². The molecule has 17 heavy (non-hydrogen) atoms. The number of rotatable bonds is 4. The van der Waals surface area contributed by atoms with Crippen LogP contribution < -0.4 is 11.1 Å². The first-order valence-electron chi connectivity index (χ1n) is 5.75. The van der Waals surface area contributed by atoms with E-state index in [1.54, 1.807) is 18.3 Å². The number of aromatic nitrogens is 1. The minimum absolute atomic E-state index is 0.00239. The summed E-state index contributed by atoms with van der Waals surface area (Å²) in [6.45, 7) is 0.581. The second-order valence-electron chi connectivity index (χ2n) is 4.65. The molecule has 0 radical (unpaired) electrons. The van der Waals surface area contributed by atoms with Crippen molar-refractivity contribution in [1.29, 1.82) is 0 Å². The van der Waals surface area contributed by atoms with Gasteiger partial charge in [0.15, 0.2) is 0 Å². The summed E-state index contributed by atoms with van der Waals surface area (Å²) in [6, 6.07) is 3.36. The van der Waals surface area contributed by atoms with Crippen LogP contribution in [0.4, 0.5) is 5.69 Å². The maximum atomic E-state index is 11.9. The summed E-state index contributed by atoms with van der Waals surface area (Å²) in [7, 11) is 0. The quantitative estimate of drug-likeness (QED) is 0.809. The lowest BCUT2D eigenvalue weighted by Gasteiger charge is -2.40. The Morgan fingerprint density at radius 1 is 1.59 bits per heavy atom. The summed E-state index contributed by atoms with van der Waals surface area (Å²) in [6.07, 6.45) is 5.33. The van der Waals surface area contributed by atoms with Crippen molar-refractivity contribution in [2.24, 2.45) is 11.1 Å². The SMILES string of the molecule is NCC1(CC(=O)Nc2ccnc(Cl)c2)CCC1. The van der Waals surface area contributed by atoms with E-state index in [1.807, 2.05) is 0 Å². The number of carbonyl (C=O) groups is 1. The van der Waals surface area contributed by atoms with Gasteiger partial charge in [-0.15, -0.1) is 0 Å². The number of pyridine rings is 1. The Hall–Kier alpha value is -1.13. The zero-order valence-electron chi connectivity index (χ0n) is 9.58. The van der Waals surface area contributed by atoms with E-state index in [0.717, 1.165) is 12.8 Å². The molecule has 1 heterocycles. The predicted molar refractivity (Wildman–Crippen MR) is 67.8 cm³/mol. The monoisotopic (exact) mass is 253 g/mol. The molecule has 1 amide bonds. The number of hydrogen-bond acceptors (Lipinski definition) is 3. The zero-order chi connectivity index (χ0) is 12.3. The molecule has 1 fully saturated rings. The zero-order valence-corrected chi connectivity index (χ0v) is 10.3. The molecule has 1 aliphatic rings. The Morgan fingerprint density at radius 2 is 2.35 bits per heavy atom. The van der Waals surface area contributed by atoms with Gasteiger partial charge in [-0.25, -0.2) is 4.98 Å². The van der Waals surface area contributed by atoms with Crippen LogP contribution in [-0.4, -0.2) is 17.4 Å². The Morgan fingerprint density at radius 3 is 2.88 bits per heavy atom. The van der Waals surface area contributed by atoms with Crippen LogP contribution in [0.25, 0.3) is 0 Å². The minimum Gasteiger partial charge on any atom is -0.330 e. The predicted octanol–water partition coefficient (Wildman–Crippen LogP) is 2.19. The molecule has 5 heteroatoms. The number of carbonyl (C=O) groups excluding carboxylic acids is 1. The normalized spacial score (nSPS) is 17.3. The van der Waals surface area contributed by atoms with Crippen LogP contribution in [-0.2, 0) is 4.79 Å². The van der Waals surface area contributed by atoms with Crippen molar-refractivity contribution in [3.05, 3.63) is 23.5 Å². The van der Waals surface area contributed by atoms with Gasteiger partial charge in [0, 0.05) is 18.3 Å². The number of nitrogens with zero attached hydrogens (tertiary/aromatic N) is 1. The summed E-state index contributed by atoms with van der Waals surface area (Å²) in [5.74, 6) is -0.00239. The van der Waals surface area contributed by atoms with Crippen LogP contribution in [0.3, 0.4) is 0 Å². The van der Waals surface area contributed by atoms with Crippen molar-refractivity contribution in [2.45, 2.75) is 25.7 Å². The molecule has 0 saturated heterocycles. The van der Waals surface area contributed by atoms with E-state index in [0.29, 0.717) is 23.8 Å². The van der Waals surface area contributed by atoms with Crippen LogP contribution in [0.5, 0.6) is 0 Å². The van der Waals surface area contributed by atoms with Gasteiger partial charge in [-0.3, -0.25) is 4.79 Å². The number of halogens is 1. The van der Waals surface area contributed by atoms with Gasteiger partial charge in [0.2, 0.25) is 5.91 Å². The van der Waals surface area contributed by atoms with Crippen LogP contribution in [0, 0.1) is 5.41 Å². The van der Waals surface area contributed by atoms with Crippen LogP contribution in [0.1, 0.15) is 25.7 Å². The third kappa shape index (κ3) is 2.96. The summed E-state index contributed by atoms with van der Waals surface area (Å²) >= 11 is 5.74. The van der Waals surface area contributed by atoms with Gasteiger partial charge in [-0.2, -0.15) is 0 Å². The summed E-state index contributed by atoms with van der Waals surface area (Å²) in [5.41, 5.74) is 6.43. The standard InChI is InChI=1S/C12H16ClN3O/c13-10-6-9(2-5-15-10)16-11(17)7-12(8-14)3-1-4-12/h2,5-6H,1,3-4,7-8,14H2,(H,15,16,17). The van der Waals surface area contributed by atoms with Crippen molar-refractivity contribution in [2.75, 3.05) is 11.9 Å². The first-order valence-corrected chi connectivity index (χ1v) is 6.13. The molecule has 1 aromatic rings. The smallest absolute Gasteiger partial charge is 0.224 e. The van der Waals surface area contributed by atoms with Gasteiger partial charge in [0.05, 0.1) is 0 Å². The molecule has 0 atom stereocenters. The molecule has 0 aliphatic heterocycles. The first kappa shape index (κ1) is 12.3. The lowest BCUT2D eigenvalue weighted by atomic mass is 9.66. The van der Waals surface area contributed by atoms with E-state index in [2.05, 4.69) is 10.3 Å². The molecule has 1 aromatic heterocycles. The van der Waals surface area contributed by atoms with Crippen molar-refractivity contribution in [3.8, 4) is 0 Å².